The molecule has 100 valence electrons. The summed E-state index contributed by atoms with van der Waals surface area (Å²) in [6.45, 7) is 1.99. The normalized spacial score (nSPS) is 10.2. The molecule has 0 atom stereocenters. The fourth-order valence-corrected chi connectivity index (χ4v) is 1.73. The number of amides is 1. The Morgan fingerprint density at radius 3 is 3.00 bits per heavy atom. The minimum absolute atomic E-state index is 0.296. The van der Waals surface area contributed by atoms with Gasteiger partial charge in [-0.25, -0.2) is 0 Å². The average Bonchev–Trinajstić information content (AvgIpc) is 2.86. The first-order chi connectivity index (χ1) is 9.15. The standard InChI is InChI=1S/C13H16N4O2/c1-3-8-7-15-17-12(8)16-13(18)10-6-9(19-2)4-5-11(10)14/h4-7H,3,14H2,1-2H3,(H2,15,16,17,18). The first-order valence-electron chi connectivity index (χ1n) is 5.92. The lowest BCUT2D eigenvalue weighted by Crippen LogP contribution is -2.15. The molecule has 0 saturated carbocycles. The maximum Gasteiger partial charge on any atom is 0.259 e. The molecule has 1 amide bonds. The van der Waals surface area contributed by atoms with Gasteiger partial charge in [0.05, 0.1) is 18.9 Å². The van der Waals surface area contributed by atoms with Gasteiger partial charge < -0.3 is 15.8 Å². The zero-order valence-corrected chi connectivity index (χ0v) is 10.9. The Balaban J connectivity index is 2.25. The number of nitrogens with zero attached hydrogens (tertiary/aromatic N) is 1. The molecule has 0 aliphatic carbocycles. The van der Waals surface area contributed by atoms with Crippen LogP contribution in [-0.4, -0.2) is 23.2 Å². The van der Waals surface area contributed by atoms with Crippen molar-refractivity contribution in [3.05, 3.63) is 35.5 Å². The van der Waals surface area contributed by atoms with Crippen LogP contribution in [0, 0.1) is 0 Å². The van der Waals surface area contributed by atoms with Crippen LogP contribution in [0.5, 0.6) is 5.75 Å². The van der Waals surface area contributed by atoms with Gasteiger partial charge in [-0.2, -0.15) is 5.10 Å². The van der Waals surface area contributed by atoms with E-state index in [1.807, 2.05) is 6.92 Å². The lowest BCUT2D eigenvalue weighted by Gasteiger charge is -2.09. The number of nitrogen functional groups attached to an aromatic ring is 1. The maximum atomic E-state index is 12.2. The third-order valence-electron chi connectivity index (χ3n) is 2.84. The first kappa shape index (κ1) is 12.9. The number of hydrogen-bond acceptors (Lipinski definition) is 4. The molecule has 0 bridgehead atoms. The molecule has 0 unspecified atom stereocenters. The summed E-state index contributed by atoms with van der Waals surface area (Å²) >= 11 is 0. The number of benzene rings is 1. The van der Waals surface area contributed by atoms with E-state index in [0.717, 1.165) is 12.0 Å². The number of carbonyl (C=O) groups excluding carboxylic acids is 1. The number of carbonyl (C=O) groups is 1. The Morgan fingerprint density at radius 2 is 2.32 bits per heavy atom. The summed E-state index contributed by atoms with van der Waals surface area (Å²) in [4.78, 5) is 12.2. The number of aromatic amines is 1. The highest BCUT2D eigenvalue weighted by Gasteiger charge is 2.13. The van der Waals surface area contributed by atoms with Gasteiger partial charge in [-0.15, -0.1) is 0 Å². The molecule has 4 N–H and O–H groups in total. The van der Waals surface area contributed by atoms with Gasteiger partial charge in [-0.1, -0.05) is 6.92 Å². The average molecular weight is 260 g/mol. The monoisotopic (exact) mass is 260 g/mol. The molecule has 6 heteroatoms. The van der Waals surface area contributed by atoms with Crippen LogP contribution in [0.2, 0.25) is 0 Å². The third kappa shape index (κ3) is 2.67. The van der Waals surface area contributed by atoms with Gasteiger partial charge in [0.15, 0.2) is 0 Å². The number of methoxy groups -OCH3 is 1. The fourth-order valence-electron chi connectivity index (χ4n) is 1.73. The molecule has 0 spiro atoms. The van der Waals surface area contributed by atoms with Gasteiger partial charge >= 0.3 is 0 Å². The number of nitrogens with two attached hydrogens (primary N) is 1. The minimum atomic E-state index is -0.296. The number of H-pyrrole nitrogens is 1. The molecule has 1 aromatic heterocycles. The summed E-state index contributed by atoms with van der Waals surface area (Å²) in [5.74, 6) is 0.879. The number of aryl methyl sites for hydroxylation is 1. The van der Waals surface area contributed by atoms with Crippen molar-refractivity contribution >= 4 is 17.4 Å². The zero-order valence-electron chi connectivity index (χ0n) is 10.9. The molecule has 2 aromatic rings. The van der Waals surface area contributed by atoms with Crippen molar-refractivity contribution in [2.24, 2.45) is 0 Å². The number of ether oxygens (including phenoxy) is 1. The van der Waals surface area contributed by atoms with Crippen molar-refractivity contribution in [2.75, 3.05) is 18.2 Å². The topological polar surface area (TPSA) is 93.0 Å². The Labute approximate surface area is 111 Å². The van der Waals surface area contributed by atoms with Crippen molar-refractivity contribution < 1.29 is 9.53 Å². The van der Waals surface area contributed by atoms with Gasteiger partial charge in [-0.05, 0) is 24.6 Å². The maximum absolute atomic E-state index is 12.2. The van der Waals surface area contributed by atoms with Crippen LogP contribution in [0.3, 0.4) is 0 Å². The molecule has 0 aliphatic heterocycles. The first-order valence-corrected chi connectivity index (χ1v) is 5.92. The predicted molar refractivity (Wildman–Crippen MR) is 73.3 cm³/mol. The largest absolute Gasteiger partial charge is 0.497 e. The second-order valence-electron chi connectivity index (χ2n) is 4.03. The van der Waals surface area contributed by atoms with Gasteiger partial charge in [0.25, 0.3) is 5.91 Å². The van der Waals surface area contributed by atoms with Crippen LogP contribution < -0.4 is 15.8 Å². The zero-order chi connectivity index (χ0) is 13.8. The van der Waals surface area contributed by atoms with E-state index in [-0.39, 0.29) is 5.91 Å². The highest BCUT2D eigenvalue weighted by atomic mass is 16.5. The van der Waals surface area contributed by atoms with E-state index in [4.69, 9.17) is 10.5 Å². The fraction of sp³-hybridized carbons (Fsp3) is 0.231. The van der Waals surface area contributed by atoms with Crippen LogP contribution in [0.25, 0.3) is 0 Å². The van der Waals surface area contributed by atoms with E-state index >= 15 is 0 Å². The van der Waals surface area contributed by atoms with Crippen LogP contribution in [0.4, 0.5) is 11.5 Å². The van der Waals surface area contributed by atoms with Crippen LogP contribution >= 0.6 is 0 Å². The minimum Gasteiger partial charge on any atom is -0.497 e. The summed E-state index contributed by atoms with van der Waals surface area (Å²) in [6, 6.07) is 4.95. The van der Waals surface area contributed by atoms with E-state index in [1.54, 1.807) is 24.4 Å². The molecule has 0 fully saturated rings. The van der Waals surface area contributed by atoms with Crippen molar-refractivity contribution in [3.63, 3.8) is 0 Å². The molecule has 6 nitrogen and oxygen atoms in total. The molecule has 1 aromatic carbocycles. The van der Waals surface area contributed by atoms with Crippen LogP contribution in [0.15, 0.2) is 24.4 Å². The number of aromatic nitrogens is 2. The van der Waals surface area contributed by atoms with Gasteiger partial charge in [0, 0.05) is 11.3 Å². The quantitative estimate of drug-likeness (QED) is 0.731. The summed E-state index contributed by atoms with van der Waals surface area (Å²) in [7, 11) is 1.54. The Kier molecular flexibility index (Phi) is 3.70. The Bertz CT molecular complexity index is 592. The number of hydrogen-bond donors (Lipinski definition) is 3. The Morgan fingerprint density at radius 1 is 1.53 bits per heavy atom. The van der Waals surface area contributed by atoms with E-state index in [1.165, 1.54) is 7.11 Å². The molecule has 0 radical (unpaired) electrons. The summed E-state index contributed by atoms with van der Waals surface area (Å²) in [5, 5.41) is 9.41. The second kappa shape index (κ2) is 5.43. The smallest absolute Gasteiger partial charge is 0.259 e. The van der Waals surface area contributed by atoms with Crippen molar-refractivity contribution in [1.29, 1.82) is 0 Å². The van der Waals surface area contributed by atoms with Gasteiger partial charge in [-0.3, -0.25) is 9.89 Å². The summed E-state index contributed by atoms with van der Waals surface area (Å²) in [6.07, 6.45) is 2.46. The van der Waals surface area contributed by atoms with Crippen LogP contribution in [0.1, 0.15) is 22.8 Å². The third-order valence-corrected chi connectivity index (χ3v) is 2.84. The van der Waals surface area contributed by atoms with Gasteiger partial charge in [0.1, 0.15) is 11.6 Å². The molecule has 0 aliphatic rings. The van der Waals surface area contributed by atoms with Gasteiger partial charge in [0.2, 0.25) is 0 Å². The van der Waals surface area contributed by atoms with Crippen molar-refractivity contribution in [1.82, 2.24) is 10.2 Å². The lowest BCUT2D eigenvalue weighted by molar-refractivity contribution is 0.102. The SMILES string of the molecule is CCc1cn[nH]c1NC(=O)c1cc(OC)ccc1N. The van der Waals surface area contributed by atoms with E-state index < -0.39 is 0 Å². The summed E-state index contributed by atoms with van der Waals surface area (Å²) < 4.78 is 5.08. The second-order valence-corrected chi connectivity index (χ2v) is 4.03. The number of nitrogens with one attached hydrogen (secondary N) is 2. The molecule has 2 rings (SSSR count). The molecule has 1 heterocycles. The molecule has 0 saturated heterocycles. The Hall–Kier alpha value is -2.50. The van der Waals surface area contributed by atoms with Crippen LogP contribution in [-0.2, 0) is 6.42 Å². The van der Waals surface area contributed by atoms with E-state index in [0.29, 0.717) is 22.8 Å². The number of rotatable bonds is 4. The summed E-state index contributed by atoms with van der Waals surface area (Å²) in [5.41, 5.74) is 7.51. The van der Waals surface area contributed by atoms with E-state index in [2.05, 4.69) is 15.5 Å². The molecular weight excluding hydrogens is 244 g/mol. The number of anilines is 2. The predicted octanol–water partition coefficient (Wildman–Crippen LogP) is 1.82. The lowest BCUT2D eigenvalue weighted by atomic mass is 10.1. The van der Waals surface area contributed by atoms with Crippen molar-refractivity contribution in [2.45, 2.75) is 13.3 Å². The molecule has 19 heavy (non-hydrogen) atoms. The van der Waals surface area contributed by atoms with Crippen molar-refractivity contribution in [3.8, 4) is 5.75 Å². The highest BCUT2D eigenvalue weighted by Crippen LogP contribution is 2.21. The van der Waals surface area contributed by atoms with E-state index in [9.17, 15) is 4.79 Å². The highest BCUT2D eigenvalue weighted by molar-refractivity contribution is 6.07. The molecular formula is C13H16N4O2.